The van der Waals surface area contributed by atoms with Gasteiger partial charge in [0.1, 0.15) is 5.15 Å². The van der Waals surface area contributed by atoms with Crippen molar-refractivity contribution in [2.75, 3.05) is 11.9 Å². The third-order valence-electron chi connectivity index (χ3n) is 1.71. The fourth-order valence-electron chi connectivity index (χ4n) is 0.763. The average molecular weight is 221 g/mol. The molecule has 3 nitrogen and oxygen atoms in total. The van der Waals surface area contributed by atoms with E-state index in [0.29, 0.717) is 11.7 Å². The lowest BCUT2D eigenvalue weighted by Crippen LogP contribution is -2.24. The van der Waals surface area contributed by atoms with Crippen LogP contribution < -0.4 is 5.32 Å². The summed E-state index contributed by atoms with van der Waals surface area (Å²) in [5.41, 5.74) is 0. The summed E-state index contributed by atoms with van der Waals surface area (Å²) in [5.74, 6) is 0.253. The van der Waals surface area contributed by atoms with E-state index in [9.17, 15) is 5.11 Å². The molecule has 74 valence electrons. The van der Waals surface area contributed by atoms with E-state index < -0.39 is 0 Å². The fourth-order valence-corrected chi connectivity index (χ4v) is 1.61. The normalized spacial score (nSPS) is 13.3. The van der Waals surface area contributed by atoms with Crippen LogP contribution in [0, 0.1) is 5.92 Å². The summed E-state index contributed by atoms with van der Waals surface area (Å²) >= 11 is 7.07. The number of aromatic nitrogens is 1. The van der Waals surface area contributed by atoms with Crippen LogP contribution in [0.4, 0.5) is 5.13 Å². The van der Waals surface area contributed by atoms with Crippen LogP contribution >= 0.6 is 22.9 Å². The first-order chi connectivity index (χ1) is 6.09. The van der Waals surface area contributed by atoms with Gasteiger partial charge in [0, 0.05) is 11.9 Å². The van der Waals surface area contributed by atoms with Crippen molar-refractivity contribution in [1.82, 2.24) is 4.98 Å². The van der Waals surface area contributed by atoms with E-state index in [2.05, 4.69) is 10.3 Å². The zero-order valence-corrected chi connectivity index (χ0v) is 9.19. The van der Waals surface area contributed by atoms with Crippen LogP contribution in [-0.2, 0) is 0 Å². The van der Waals surface area contributed by atoms with E-state index in [1.807, 2.05) is 13.8 Å². The Morgan fingerprint density at radius 2 is 2.38 bits per heavy atom. The molecule has 1 rings (SSSR count). The minimum Gasteiger partial charge on any atom is -0.391 e. The van der Waals surface area contributed by atoms with Gasteiger partial charge in [0.25, 0.3) is 0 Å². The van der Waals surface area contributed by atoms with Crippen molar-refractivity contribution >= 4 is 28.1 Å². The van der Waals surface area contributed by atoms with Crippen LogP contribution in [0.1, 0.15) is 13.8 Å². The molecule has 5 heteroatoms. The van der Waals surface area contributed by atoms with E-state index in [-0.39, 0.29) is 12.0 Å². The van der Waals surface area contributed by atoms with Crippen molar-refractivity contribution in [3.05, 3.63) is 10.5 Å². The Morgan fingerprint density at radius 1 is 1.69 bits per heavy atom. The van der Waals surface area contributed by atoms with Crippen LogP contribution in [0.25, 0.3) is 0 Å². The Kier molecular flexibility index (Phi) is 3.96. The lowest BCUT2D eigenvalue weighted by molar-refractivity contribution is 0.138. The minimum absolute atomic E-state index is 0.253. The van der Waals surface area contributed by atoms with Crippen LogP contribution in [0.3, 0.4) is 0 Å². The van der Waals surface area contributed by atoms with Gasteiger partial charge in [-0.15, -0.1) is 11.3 Å². The van der Waals surface area contributed by atoms with Crippen LogP contribution in [0.15, 0.2) is 5.38 Å². The molecular weight excluding hydrogens is 208 g/mol. The highest BCUT2D eigenvalue weighted by atomic mass is 35.5. The molecule has 0 aliphatic carbocycles. The first-order valence-corrected chi connectivity index (χ1v) is 5.38. The molecule has 1 aromatic rings. The Morgan fingerprint density at radius 3 is 2.85 bits per heavy atom. The molecule has 1 heterocycles. The van der Waals surface area contributed by atoms with Crippen molar-refractivity contribution in [2.24, 2.45) is 5.92 Å². The number of anilines is 1. The highest BCUT2D eigenvalue weighted by molar-refractivity contribution is 7.14. The molecule has 0 spiro atoms. The maximum Gasteiger partial charge on any atom is 0.184 e. The second kappa shape index (κ2) is 4.79. The van der Waals surface area contributed by atoms with Gasteiger partial charge >= 0.3 is 0 Å². The summed E-state index contributed by atoms with van der Waals surface area (Å²) in [5, 5.41) is 15.5. The van der Waals surface area contributed by atoms with E-state index in [1.165, 1.54) is 11.3 Å². The molecule has 0 radical (unpaired) electrons. The maximum atomic E-state index is 9.48. The first kappa shape index (κ1) is 10.8. The molecule has 1 unspecified atom stereocenters. The molecule has 0 amide bonds. The molecule has 2 N–H and O–H groups in total. The van der Waals surface area contributed by atoms with Gasteiger partial charge < -0.3 is 10.4 Å². The van der Waals surface area contributed by atoms with Gasteiger partial charge in [-0.3, -0.25) is 0 Å². The average Bonchev–Trinajstić information content (AvgIpc) is 2.47. The van der Waals surface area contributed by atoms with Gasteiger partial charge in [0.15, 0.2) is 5.13 Å². The summed E-state index contributed by atoms with van der Waals surface area (Å²) < 4.78 is 0. The number of rotatable bonds is 4. The van der Waals surface area contributed by atoms with Crippen molar-refractivity contribution in [3.63, 3.8) is 0 Å². The monoisotopic (exact) mass is 220 g/mol. The predicted octanol–water partition coefficient (Wildman–Crippen LogP) is 2.23. The third-order valence-corrected chi connectivity index (χ3v) is 2.83. The molecule has 0 aliphatic rings. The third kappa shape index (κ3) is 3.50. The molecule has 1 atom stereocenters. The zero-order chi connectivity index (χ0) is 9.84. The Balaban J connectivity index is 2.35. The van der Waals surface area contributed by atoms with Crippen molar-refractivity contribution < 1.29 is 5.11 Å². The molecule has 0 aromatic carbocycles. The quantitative estimate of drug-likeness (QED) is 0.818. The summed E-state index contributed by atoms with van der Waals surface area (Å²) in [4.78, 5) is 4.00. The molecular formula is C8H13ClN2OS. The van der Waals surface area contributed by atoms with Gasteiger partial charge in [-0.2, -0.15) is 0 Å². The number of thiazole rings is 1. The van der Waals surface area contributed by atoms with E-state index in [1.54, 1.807) is 5.38 Å². The van der Waals surface area contributed by atoms with Crippen LogP contribution in [-0.4, -0.2) is 22.7 Å². The van der Waals surface area contributed by atoms with Gasteiger partial charge in [-0.1, -0.05) is 25.4 Å². The summed E-state index contributed by atoms with van der Waals surface area (Å²) in [6.45, 7) is 4.46. The van der Waals surface area contributed by atoms with E-state index in [0.717, 1.165) is 5.13 Å². The molecule has 0 fully saturated rings. The summed E-state index contributed by atoms with van der Waals surface area (Å²) in [6.07, 6.45) is -0.345. The number of hydrogen-bond acceptors (Lipinski definition) is 4. The fraction of sp³-hybridized carbons (Fsp3) is 0.625. The second-order valence-electron chi connectivity index (χ2n) is 3.17. The largest absolute Gasteiger partial charge is 0.391 e. The maximum absolute atomic E-state index is 9.48. The first-order valence-electron chi connectivity index (χ1n) is 4.12. The number of hydrogen-bond donors (Lipinski definition) is 2. The van der Waals surface area contributed by atoms with Crippen molar-refractivity contribution in [3.8, 4) is 0 Å². The molecule has 0 bridgehead atoms. The lowest BCUT2D eigenvalue weighted by atomic mass is 10.1. The Labute approximate surface area is 86.8 Å². The van der Waals surface area contributed by atoms with E-state index >= 15 is 0 Å². The SMILES string of the molecule is CC(C)C(O)CNc1nc(Cl)cs1. The number of nitrogens with zero attached hydrogens (tertiary/aromatic N) is 1. The standard InChI is InChI=1S/C8H13ClN2OS/c1-5(2)6(12)3-10-8-11-7(9)4-13-8/h4-6,12H,3H2,1-2H3,(H,10,11). The van der Waals surface area contributed by atoms with Gasteiger partial charge in [0.05, 0.1) is 6.10 Å². The van der Waals surface area contributed by atoms with Crippen molar-refractivity contribution in [1.29, 1.82) is 0 Å². The summed E-state index contributed by atoms with van der Waals surface area (Å²) in [6, 6.07) is 0. The zero-order valence-electron chi connectivity index (χ0n) is 7.62. The van der Waals surface area contributed by atoms with Gasteiger partial charge in [0.2, 0.25) is 0 Å². The lowest BCUT2D eigenvalue weighted by Gasteiger charge is -2.14. The highest BCUT2D eigenvalue weighted by Gasteiger charge is 2.09. The smallest absolute Gasteiger partial charge is 0.184 e. The molecule has 13 heavy (non-hydrogen) atoms. The highest BCUT2D eigenvalue weighted by Crippen LogP contribution is 2.18. The van der Waals surface area contributed by atoms with Crippen molar-refractivity contribution in [2.45, 2.75) is 20.0 Å². The predicted molar refractivity (Wildman–Crippen MR) is 56.5 cm³/mol. The number of aliphatic hydroxyl groups excluding tert-OH is 1. The van der Waals surface area contributed by atoms with Gasteiger partial charge in [-0.05, 0) is 5.92 Å². The summed E-state index contributed by atoms with van der Waals surface area (Å²) in [7, 11) is 0. The molecule has 0 saturated heterocycles. The van der Waals surface area contributed by atoms with E-state index in [4.69, 9.17) is 11.6 Å². The molecule has 0 saturated carbocycles. The van der Waals surface area contributed by atoms with Crippen LogP contribution in [0.2, 0.25) is 5.15 Å². The van der Waals surface area contributed by atoms with Gasteiger partial charge in [-0.25, -0.2) is 4.98 Å². The Bertz CT molecular complexity index is 264. The topological polar surface area (TPSA) is 45.1 Å². The second-order valence-corrected chi connectivity index (χ2v) is 4.41. The number of aliphatic hydroxyl groups is 1. The number of halogens is 1. The van der Waals surface area contributed by atoms with Crippen LogP contribution in [0.5, 0.6) is 0 Å². The molecule has 1 aromatic heterocycles. The minimum atomic E-state index is -0.345. The molecule has 0 aliphatic heterocycles. The Hall–Kier alpha value is -0.320. The number of nitrogens with one attached hydrogen (secondary N) is 1.